The van der Waals surface area contributed by atoms with Gasteiger partial charge in [-0.1, -0.05) is 36.4 Å². The lowest BCUT2D eigenvalue weighted by molar-refractivity contribution is 0.283. The summed E-state index contributed by atoms with van der Waals surface area (Å²) in [6.45, 7) is 0.724. The van der Waals surface area contributed by atoms with Crippen molar-refractivity contribution in [2.45, 2.75) is 19.4 Å². The smallest absolute Gasteiger partial charge is 0.161 e. The summed E-state index contributed by atoms with van der Waals surface area (Å²) in [6, 6.07) is 15.9. The van der Waals surface area contributed by atoms with Crippen LogP contribution >= 0.6 is 0 Å². The first-order chi connectivity index (χ1) is 9.83. The maximum absolute atomic E-state index is 8.86. The number of benzene rings is 2. The summed E-state index contributed by atoms with van der Waals surface area (Å²) in [5.41, 5.74) is 2.27. The lowest BCUT2D eigenvalue weighted by Crippen LogP contribution is -1.98. The summed E-state index contributed by atoms with van der Waals surface area (Å²) in [4.78, 5) is 0. The minimum absolute atomic E-state index is 0.203. The Morgan fingerprint density at radius 3 is 2.45 bits per heavy atom. The van der Waals surface area contributed by atoms with Gasteiger partial charge in [-0.25, -0.2) is 0 Å². The molecule has 0 unspecified atom stereocenters. The second kappa shape index (κ2) is 7.56. The van der Waals surface area contributed by atoms with Gasteiger partial charge in [0.05, 0.1) is 7.11 Å². The van der Waals surface area contributed by atoms with Gasteiger partial charge in [0.15, 0.2) is 11.5 Å². The second-order valence-corrected chi connectivity index (χ2v) is 4.59. The Bertz CT molecular complexity index is 523. The van der Waals surface area contributed by atoms with Gasteiger partial charge in [-0.05, 0) is 36.1 Å². The van der Waals surface area contributed by atoms with Crippen LogP contribution in [0.3, 0.4) is 0 Å². The van der Waals surface area contributed by atoms with Gasteiger partial charge in [0, 0.05) is 6.61 Å². The van der Waals surface area contributed by atoms with Gasteiger partial charge < -0.3 is 14.6 Å². The zero-order valence-corrected chi connectivity index (χ0v) is 11.7. The molecule has 0 amide bonds. The van der Waals surface area contributed by atoms with Crippen molar-refractivity contribution in [2.24, 2.45) is 0 Å². The van der Waals surface area contributed by atoms with Gasteiger partial charge in [0.1, 0.15) is 6.61 Å². The Morgan fingerprint density at radius 1 is 0.950 bits per heavy atom. The van der Waals surface area contributed by atoms with Crippen molar-refractivity contribution in [3.63, 3.8) is 0 Å². The SMILES string of the molecule is COc1cc(CCCO)ccc1OCc1ccccc1. The van der Waals surface area contributed by atoms with Gasteiger partial charge in [0.25, 0.3) is 0 Å². The zero-order valence-electron chi connectivity index (χ0n) is 11.7. The lowest BCUT2D eigenvalue weighted by Gasteiger charge is -2.12. The number of aryl methyl sites for hydroxylation is 1. The summed E-state index contributed by atoms with van der Waals surface area (Å²) < 4.78 is 11.2. The maximum Gasteiger partial charge on any atom is 0.161 e. The number of hydrogen-bond acceptors (Lipinski definition) is 3. The molecule has 0 atom stereocenters. The van der Waals surface area contributed by atoms with Gasteiger partial charge in [0.2, 0.25) is 0 Å². The van der Waals surface area contributed by atoms with E-state index in [-0.39, 0.29) is 6.61 Å². The molecule has 0 aliphatic carbocycles. The molecule has 2 aromatic carbocycles. The third-order valence-electron chi connectivity index (χ3n) is 3.09. The molecular formula is C17H20O3. The molecule has 0 spiro atoms. The van der Waals surface area contributed by atoms with Crippen LogP contribution in [0, 0.1) is 0 Å². The lowest BCUT2D eigenvalue weighted by atomic mass is 10.1. The van der Waals surface area contributed by atoms with Crippen LogP contribution in [0.15, 0.2) is 48.5 Å². The summed E-state index contributed by atoms with van der Waals surface area (Å²) >= 11 is 0. The average Bonchev–Trinajstić information content (AvgIpc) is 2.52. The molecule has 2 rings (SSSR count). The number of rotatable bonds is 7. The molecule has 0 saturated carbocycles. The van der Waals surface area contributed by atoms with Gasteiger partial charge in [-0.2, -0.15) is 0 Å². The Labute approximate surface area is 119 Å². The highest BCUT2D eigenvalue weighted by molar-refractivity contribution is 5.43. The van der Waals surface area contributed by atoms with Crippen molar-refractivity contribution in [1.82, 2.24) is 0 Å². The van der Waals surface area contributed by atoms with E-state index in [4.69, 9.17) is 14.6 Å². The van der Waals surface area contributed by atoms with Crippen molar-refractivity contribution in [3.8, 4) is 11.5 Å². The molecule has 2 aromatic rings. The minimum atomic E-state index is 0.203. The molecule has 0 fully saturated rings. The third-order valence-corrected chi connectivity index (χ3v) is 3.09. The van der Waals surface area contributed by atoms with Crippen molar-refractivity contribution in [3.05, 3.63) is 59.7 Å². The van der Waals surface area contributed by atoms with Crippen molar-refractivity contribution < 1.29 is 14.6 Å². The van der Waals surface area contributed by atoms with E-state index in [1.165, 1.54) is 0 Å². The van der Waals surface area contributed by atoms with Crippen LogP contribution in [0.25, 0.3) is 0 Å². The van der Waals surface area contributed by atoms with E-state index in [9.17, 15) is 0 Å². The molecule has 1 N–H and O–H groups in total. The molecular weight excluding hydrogens is 252 g/mol. The molecule has 0 radical (unpaired) electrons. The van der Waals surface area contributed by atoms with E-state index < -0.39 is 0 Å². The molecule has 0 bridgehead atoms. The van der Waals surface area contributed by atoms with Crippen LogP contribution in [0.5, 0.6) is 11.5 Å². The van der Waals surface area contributed by atoms with Crippen molar-refractivity contribution in [1.29, 1.82) is 0 Å². The highest BCUT2D eigenvalue weighted by Gasteiger charge is 2.06. The minimum Gasteiger partial charge on any atom is -0.493 e. The molecule has 106 valence electrons. The van der Waals surface area contributed by atoms with E-state index in [1.807, 2.05) is 48.5 Å². The highest BCUT2D eigenvalue weighted by atomic mass is 16.5. The molecule has 20 heavy (non-hydrogen) atoms. The predicted octanol–water partition coefficient (Wildman–Crippen LogP) is 3.20. The summed E-state index contributed by atoms with van der Waals surface area (Å²) in [5.74, 6) is 1.47. The average molecular weight is 272 g/mol. The standard InChI is InChI=1S/C17H20O3/c1-19-17-12-14(8-5-11-18)9-10-16(17)20-13-15-6-3-2-4-7-15/h2-4,6-7,9-10,12,18H,5,8,11,13H2,1H3. The largest absolute Gasteiger partial charge is 0.493 e. The quantitative estimate of drug-likeness (QED) is 0.841. The monoisotopic (exact) mass is 272 g/mol. The van der Waals surface area contributed by atoms with Crippen LogP contribution in [-0.2, 0) is 13.0 Å². The first kappa shape index (κ1) is 14.4. The Kier molecular flexibility index (Phi) is 5.44. The molecule has 0 aliphatic heterocycles. The number of methoxy groups -OCH3 is 1. The topological polar surface area (TPSA) is 38.7 Å². The fourth-order valence-electron chi connectivity index (χ4n) is 2.01. The summed E-state index contributed by atoms with van der Waals surface area (Å²) in [6.07, 6.45) is 1.60. The number of aliphatic hydroxyl groups excluding tert-OH is 1. The van der Waals surface area contributed by atoms with E-state index >= 15 is 0 Å². The first-order valence-corrected chi connectivity index (χ1v) is 6.78. The number of ether oxygens (including phenoxy) is 2. The van der Waals surface area contributed by atoms with Gasteiger partial charge in [-0.3, -0.25) is 0 Å². The highest BCUT2D eigenvalue weighted by Crippen LogP contribution is 2.29. The van der Waals surface area contributed by atoms with Gasteiger partial charge >= 0.3 is 0 Å². The zero-order chi connectivity index (χ0) is 14.2. The van der Waals surface area contributed by atoms with Crippen LogP contribution < -0.4 is 9.47 Å². The third kappa shape index (κ3) is 4.00. The van der Waals surface area contributed by atoms with Crippen molar-refractivity contribution >= 4 is 0 Å². The molecule has 3 nitrogen and oxygen atoms in total. The van der Waals surface area contributed by atoms with Crippen molar-refractivity contribution in [2.75, 3.05) is 13.7 Å². The van der Waals surface area contributed by atoms with Crippen LogP contribution in [0.4, 0.5) is 0 Å². The Morgan fingerprint density at radius 2 is 1.75 bits per heavy atom. The fourth-order valence-corrected chi connectivity index (χ4v) is 2.01. The van der Waals surface area contributed by atoms with Gasteiger partial charge in [-0.15, -0.1) is 0 Å². The fraction of sp³-hybridized carbons (Fsp3) is 0.294. The molecule has 0 aromatic heterocycles. The molecule has 0 aliphatic rings. The Hall–Kier alpha value is -2.00. The second-order valence-electron chi connectivity index (χ2n) is 4.59. The van der Waals surface area contributed by atoms with Crippen LogP contribution in [0.2, 0.25) is 0 Å². The molecule has 0 saturated heterocycles. The van der Waals surface area contributed by atoms with Crippen LogP contribution in [-0.4, -0.2) is 18.8 Å². The maximum atomic E-state index is 8.86. The first-order valence-electron chi connectivity index (χ1n) is 6.78. The van der Waals surface area contributed by atoms with E-state index in [0.29, 0.717) is 6.61 Å². The number of aliphatic hydroxyl groups is 1. The molecule has 0 heterocycles. The van der Waals surface area contributed by atoms with E-state index in [0.717, 1.165) is 35.5 Å². The van der Waals surface area contributed by atoms with Crippen LogP contribution in [0.1, 0.15) is 17.5 Å². The Balaban J connectivity index is 2.03. The van der Waals surface area contributed by atoms with E-state index in [1.54, 1.807) is 7.11 Å². The predicted molar refractivity (Wildman–Crippen MR) is 79.2 cm³/mol. The summed E-state index contributed by atoms with van der Waals surface area (Å²) in [5, 5.41) is 8.86. The van der Waals surface area contributed by atoms with E-state index in [2.05, 4.69) is 0 Å². The normalized spacial score (nSPS) is 10.3. The number of hydrogen-bond donors (Lipinski definition) is 1. The molecule has 3 heteroatoms. The summed E-state index contributed by atoms with van der Waals surface area (Å²) in [7, 11) is 1.64.